The van der Waals surface area contributed by atoms with Crippen molar-refractivity contribution >= 4 is 55.8 Å². The summed E-state index contributed by atoms with van der Waals surface area (Å²) in [6.07, 6.45) is 0.137. The van der Waals surface area contributed by atoms with Gasteiger partial charge >= 0.3 is 0 Å². The van der Waals surface area contributed by atoms with Crippen LogP contribution in [0.1, 0.15) is 45.2 Å². The van der Waals surface area contributed by atoms with Gasteiger partial charge in [-0.1, -0.05) is 93.7 Å². The lowest BCUT2D eigenvalue weighted by Crippen LogP contribution is -2.29. The van der Waals surface area contributed by atoms with E-state index in [1.54, 1.807) is 0 Å². The van der Waals surface area contributed by atoms with Crippen LogP contribution >= 0.6 is 24.0 Å². The fourth-order valence-corrected chi connectivity index (χ4v) is 6.24. The highest BCUT2D eigenvalue weighted by Crippen LogP contribution is 2.45. The molecule has 0 aromatic heterocycles. The van der Waals surface area contributed by atoms with Crippen molar-refractivity contribution in [2.75, 3.05) is 38.5 Å². The Balaban J connectivity index is 0.000000559. The first-order chi connectivity index (χ1) is 19.1. The molecule has 0 unspecified atom stereocenters. The SMILES string of the molecule is CCN(CC)CC.CCN1C(=O)C(=C2OC(c3ccccc3)=C(c3ccccc3)N2CCCS(=O)(=O)O)SC1=S. The highest BCUT2D eigenvalue weighted by atomic mass is 32.2. The normalized spacial score (nSPS) is 17.4. The second-order valence-electron chi connectivity index (χ2n) is 8.97. The molecule has 1 N–H and O–H groups in total. The second-order valence-corrected chi connectivity index (χ2v) is 12.2. The van der Waals surface area contributed by atoms with E-state index in [0.717, 1.165) is 11.1 Å². The van der Waals surface area contributed by atoms with Crippen LogP contribution in [0, 0.1) is 0 Å². The number of hydrogen-bond donors (Lipinski definition) is 1. The van der Waals surface area contributed by atoms with Gasteiger partial charge in [0.05, 0.1) is 11.4 Å². The summed E-state index contributed by atoms with van der Waals surface area (Å²) in [4.78, 5) is 19.1. The summed E-state index contributed by atoms with van der Waals surface area (Å²) in [6.45, 7) is 12.6. The van der Waals surface area contributed by atoms with Crippen molar-refractivity contribution in [1.82, 2.24) is 14.7 Å². The van der Waals surface area contributed by atoms with Crippen LogP contribution in [-0.4, -0.2) is 76.4 Å². The van der Waals surface area contributed by atoms with Crippen molar-refractivity contribution in [1.29, 1.82) is 0 Å². The molecule has 2 aliphatic heterocycles. The molecule has 0 spiro atoms. The largest absolute Gasteiger partial charge is 0.437 e. The summed E-state index contributed by atoms with van der Waals surface area (Å²) in [5.74, 6) is 0.223. The zero-order chi connectivity index (χ0) is 29.3. The maximum absolute atomic E-state index is 13.1. The fraction of sp³-hybridized carbons (Fsp3) is 0.379. The maximum atomic E-state index is 13.1. The first-order valence-electron chi connectivity index (χ1n) is 13.4. The minimum atomic E-state index is -4.13. The van der Waals surface area contributed by atoms with E-state index in [9.17, 15) is 17.8 Å². The molecule has 0 radical (unpaired) electrons. The summed E-state index contributed by atoms with van der Waals surface area (Å²) in [6, 6.07) is 19.1. The summed E-state index contributed by atoms with van der Waals surface area (Å²) in [5.41, 5.74) is 2.38. The van der Waals surface area contributed by atoms with Crippen molar-refractivity contribution in [3.63, 3.8) is 0 Å². The zero-order valence-electron chi connectivity index (χ0n) is 23.4. The smallest absolute Gasteiger partial charge is 0.271 e. The highest BCUT2D eigenvalue weighted by molar-refractivity contribution is 8.26. The van der Waals surface area contributed by atoms with Crippen LogP contribution in [-0.2, 0) is 19.6 Å². The third kappa shape index (κ3) is 7.94. The van der Waals surface area contributed by atoms with Crippen LogP contribution < -0.4 is 0 Å². The van der Waals surface area contributed by atoms with Gasteiger partial charge in [0.1, 0.15) is 9.23 Å². The molecular weight excluding hydrogens is 567 g/mol. The van der Waals surface area contributed by atoms with Gasteiger partial charge < -0.3 is 14.5 Å². The molecule has 216 valence electrons. The third-order valence-corrected chi connectivity index (χ3v) is 8.72. The Morgan fingerprint density at radius 1 is 0.900 bits per heavy atom. The quantitative estimate of drug-likeness (QED) is 0.214. The van der Waals surface area contributed by atoms with E-state index in [1.807, 2.05) is 72.5 Å². The van der Waals surface area contributed by atoms with Gasteiger partial charge in [0.15, 0.2) is 5.76 Å². The van der Waals surface area contributed by atoms with Crippen LogP contribution in [0.25, 0.3) is 11.5 Å². The van der Waals surface area contributed by atoms with E-state index in [4.69, 9.17) is 17.0 Å². The number of thiocarbonyl (C=S) groups is 1. The van der Waals surface area contributed by atoms with Crippen LogP contribution in [0.2, 0.25) is 0 Å². The molecular formula is C29H37N3O5S3. The Bertz CT molecular complexity index is 1340. The fourth-order valence-electron chi connectivity index (χ4n) is 4.35. The van der Waals surface area contributed by atoms with Gasteiger partial charge in [-0.2, -0.15) is 8.42 Å². The van der Waals surface area contributed by atoms with Gasteiger partial charge in [0, 0.05) is 24.2 Å². The number of carbonyl (C=O) groups excluding carboxylic acids is 1. The summed E-state index contributed by atoms with van der Waals surface area (Å²) in [7, 11) is -4.13. The number of thioether (sulfide) groups is 1. The van der Waals surface area contributed by atoms with Crippen molar-refractivity contribution in [2.24, 2.45) is 0 Å². The van der Waals surface area contributed by atoms with E-state index in [-0.39, 0.29) is 18.9 Å². The van der Waals surface area contributed by atoms with E-state index >= 15 is 0 Å². The van der Waals surface area contributed by atoms with E-state index < -0.39 is 15.9 Å². The third-order valence-electron chi connectivity index (χ3n) is 6.50. The number of nitrogens with zero attached hydrogens (tertiary/aromatic N) is 3. The first kappa shape index (κ1) is 31.8. The summed E-state index contributed by atoms with van der Waals surface area (Å²) >= 11 is 6.55. The Morgan fingerprint density at radius 3 is 1.90 bits per heavy atom. The molecule has 1 saturated heterocycles. The molecule has 1 fully saturated rings. The predicted octanol–water partition coefficient (Wildman–Crippen LogP) is 5.52. The first-order valence-corrected chi connectivity index (χ1v) is 16.2. The molecule has 4 rings (SSSR count). The van der Waals surface area contributed by atoms with E-state index in [2.05, 4.69) is 25.7 Å². The van der Waals surface area contributed by atoms with Crippen LogP contribution in [0.4, 0.5) is 0 Å². The van der Waals surface area contributed by atoms with Crippen molar-refractivity contribution in [2.45, 2.75) is 34.1 Å². The molecule has 1 amide bonds. The van der Waals surface area contributed by atoms with E-state index in [0.29, 0.717) is 33.1 Å². The number of amides is 1. The van der Waals surface area contributed by atoms with Crippen molar-refractivity contribution in [3.05, 3.63) is 82.6 Å². The number of rotatable bonds is 10. The van der Waals surface area contributed by atoms with Gasteiger partial charge in [-0.3, -0.25) is 14.2 Å². The number of hydrogen-bond acceptors (Lipinski definition) is 8. The maximum Gasteiger partial charge on any atom is 0.271 e. The van der Waals surface area contributed by atoms with E-state index in [1.165, 1.54) is 36.3 Å². The van der Waals surface area contributed by atoms with Crippen molar-refractivity contribution < 1.29 is 22.5 Å². The highest BCUT2D eigenvalue weighted by Gasteiger charge is 2.41. The molecule has 2 aromatic carbocycles. The Labute approximate surface area is 247 Å². The zero-order valence-corrected chi connectivity index (χ0v) is 25.8. The number of likely N-dealkylation sites (N-methyl/N-ethyl adjacent to an activating group) is 1. The van der Waals surface area contributed by atoms with Crippen LogP contribution in [0.3, 0.4) is 0 Å². The topological polar surface area (TPSA) is 90.4 Å². The Kier molecular flexibility index (Phi) is 11.8. The number of ether oxygens (including phenoxy) is 1. The molecule has 0 saturated carbocycles. The Morgan fingerprint density at radius 2 is 1.45 bits per heavy atom. The van der Waals surface area contributed by atoms with Gasteiger partial charge in [-0.15, -0.1) is 0 Å². The summed E-state index contributed by atoms with van der Waals surface area (Å²) in [5, 5.41) is 0. The monoisotopic (exact) mass is 603 g/mol. The molecule has 0 bridgehead atoms. The molecule has 11 heteroatoms. The van der Waals surface area contributed by atoms with Gasteiger partial charge in [-0.05, 0) is 44.7 Å². The number of carbonyl (C=O) groups is 1. The van der Waals surface area contributed by atoms with Crippen LogP contribution in [0.5, 0.6) is 0 Å². The molecule has 8 nitrogen and oxygen atoms in total. The minimum Gasteiger partial charge on any atom is -0.437 e. The average Bonchev–Trinajstić information content (AvgIpc) is 3.46. The molecule has 40 heavy (non-hydrogen) atoms. The average molecular weight is 604 g/mol. The van der Waals surface area contributed by atoms with Gasteiger partial charge in [0.2, 0.25) is 5.88 Å². The molecule has 2 aliphatic rings. The van der Waals surface area contributed by atoms with Gasteiger partial charge in [0.25, 0.3) is 16.0 Å². The predicted molar refractivity (Wildman–Crippen MR) is 167 cm³/mol. The molecule has 2 heterocycles. The lowest BCUT2D eigenvalue weighted by molar-refractivity contribution is -0.122. The van der Waals surface area contributed by atoms with Crippen LogP contribution in [0.15, 0.2) is 71.5 Å². The van der Waals surface area contributed by atoms with Crippen molar-refractivity contribution in [3.8, 4) is 0 Å². The lowest BCUT2D eigenvalue weighted by Gasteiger charge is -2.22. The Hall–Kier alpha value is -2.70. The molecule has 0 aliphatic carbocycles. The number of benzene rings is 2. The van der Waals surface area contributed by atoms with Gasteiger partial charge in [-0.25, -0.2) is 0 Å². The second kappa shape index (κ2) is 14.8. The standard InChI is InChI=1S/C23H22N2O5S3.C6H15N/c1-2-24-21(26)20(32-23(24)31)22-25(14-9-15-33(27,28)29)18(16-10-5-3-6-11-16)19(30-22)17-12-7-4-8-13-17;1-4-7(5-2)6-3/h3-8,10-13H,2,9,14-15H2,1H3,(H,27,28,29);4-6H2,1-3H3. The molecule has 0 atom stereocenters. The summed E-state index contributed by atoms with van der Waals surface area (Å²) < 4.78 is 38.8. The molecule has 2 aromatic rings. The lowest BCUT2D eigenvalue weighted by atomic mass is 10.1. The minimum absolute atomic E-state index is 0.137.